The van der Waals surface area contributed by atoms with Gasteiger partial charge in [-0.3, -0.25) is 9.59 Å². The summed E-state index contributed by atoms with van der Waals surface area (Å²) in [5.74, 6) is 1.28. The van der Waals surface area contributed by atoms with E-state index in [0.717, 1.165) is 30.7 Å². The molecule has 0 spiro atoms. The molecule has 1 N–H and O–H groups in total. The van der Waals surface area contributed by atoms with Crippen LogP contribution in [0.4, 0.5) is 0 Å². The lowest BCUT2D eigenvalue weighted by Crippen LogP contribution is -2.48. The summed E-state index contributed by atoms with van der Waals surface area (Å²) >= 11 is 11.8. The first-order valence-electron chi connectivity index (χ1n) is 10.7. The van der Waals surface area contributed by atoms with E-state index in [1.807, 2.05) is 29.2 Å². The third-order valence-corrected chi connectivity index (χ3v) is 6.51. The minimum Gasteiger partial charge on any atom is -0.484 e. The van der Waals surface area contributed by atoms with Crippen molar-refractivity contribution in [1.82, 2.24) is 10.2 Å². The standard InChI is InChI=1S/C24H26Cl2N2O3/c25-18-3-1-16(2-4-18)13-17-14-22(17)24(30)28-11-9-20(10-12-28)27-23(29)15-31-21-7-5-19(26)6-8-21/h1-8,17,20,22H,9-15H2,(H,27,29)/t17-,22+/m0/s1. The van der Waals surface area contributed by atoms with Gasteiger partial charge in [-0.1, -0.05) is 35.3 Å². The molecule has 1 aliphatic heterocycles. The first kappa shape index (κ1) is 22.0. The Hall–Kier alpha value is -2.24. The highest BCUT2D eigenvalue weighted by Gasteiger charge is 2.45. The first-order chi connectivity index (χ1) is 15.0. The Bertz CT molecular complexity index is 909. The van der Waals surface area contributed by atoms with Crippen molar-refractivity contribution in [3.8, 4) is 5.75 Å². The van der Waals surface area contributed by atoms with Crippen LogP contribution in [-0.4, -0.2) is 42.5 Å². The number of carbonyl (C=O) groups is 2. The van der Waals surface area contributed by atoms with Gasteiger partial charge >= 0.3 is 0 Å². The van der Waals surface area contributed by atoms with Crippen molar-refractivity contribution in [2.75, 3.05) is 19.7 Å². The molecule has 2 aromatic carbocycles. The molecule has 1 heterocycles. The van der Waals surface area contributed by atoms with Gasteiger partial charge in [0.1, 0.15) is 5.75 Å². The molecule has 1 saturated carbocycles. The van der Waals surface area contributed by atoms with E-state index < -0.39 is 0 Å². The molecule has 2 fully saturated rings. The van der Waals surface area contributed by atoms with Crippen LogP contribution in [-0.2, 0) is 16.0 Å². The smallest absolute Gasteiger partial charge is 0.258 e. The molecular weight excluding hydrogens is 435 g/mol. The normalized spacial score (nSPS) is 20.9. The maximum Gasteiger partial charge on any atom is 0.258 e. The van der Waals surface area contributed by atoms with E-state index >= 15 is 0 Å². The maximum absolute atomic E-state index is 12.8. The summed E-state index contributed by atoms with van der Waals surface area (Å²) in [6, 6.07) is 14.9. The highest BCUT2D eigenvalue weighted by atomic mass is 35.5. The molecule has 0 unspecified atom stereocenters. The van der Waals surface area contributed by atoms with Crippen LogP contribution >= 0.6 is 23.2 Å². The number of nitrogens with one attached hydrogen (secondary N) is 1. The van der Waals surface area contributed by atoms with Crippen LogP contribution in [0.15, 0.2) is 48.5 Å². The molecule has 1 saturated heterocycles. The van der Waals surface area contributed by atoms with Gasteiger partial charge < -0.3 is 15.0 Å². The fraction of sp³-hybridized carbons (Fsp3) is 0.417. The van der Waals surface area contributed by atoms with Gasteiger partial charge in [-0.05, 0) is 73.6 Å². The summed E-state index contributed by atoms with van der Waals surface area (Å²) in [5.41, 5.74) is 1.23. The number of likely N-dealkylation sites (tertiary alicyclic amines) is 1. The Balaban J connectivity index is 1.16. The monoisotopic (exact) mass is 460 g/mol. The van der Waals surface area contributed by atoms with E-state index in [1.54, 1.807) is 24.3 Å². The number of carbonyl (C=O) groups excluding carboxylic acids is 2. The van der Waals surface area contributed by atoms with Crippen LogP contribution in [0, 0.1) is 11.8 Å². The SMILES string of the molecule is O=C(COc1ccc(Cl)cc1)NC1CCN(C(=O)[C@@H]2C[C@@H]2Cc2ccc(Cl)cc2)CC1. The van der Waals surface area contributed by atoms with Gasteiger partial charge in [-0.15, -0.1) is 0 Å². The number of nitrogens with zero attached hydrogens (tertiary/aromatic N) is 1. The molecule has 31 heavy (non-hydrogen) atoms. The molecule has 4 rings (SSSR count). The van der Waals surface area contributed by atoms with Crippen molar-refractivity contribution in [3.63, 3.8) is 0 Å². The Morgan fingerprint density at radius 2 is 1.58 bits per heavy atom. The van der Waals surface area contributed by atoms with Crippen LogP contribution < -0.4 is 10.1 Å². The number of rotatable bonds is 7. The predicted octanol–water partition coefficient (Wildman–Crippen LogP) is 4.36. The van der Waals surface area contributed by atoms with Crippen LogP contribution in [0.3, 0.4) is 0 Å². The molecule has 0 radical (unpaired) electrons. The van der Waals surface area contributed by atoms with E-state index in [4.69, 9.17) is 27.9 Å². The van der Waals surface area contributed by atoms with Crippen LogP contribution in [0.1, 0.15) is 24.8 Å². The zero-order valence-corrected chi connectivity index (χ0v) is 18.7. The fourth-order valence-corrected chi connectivity index (χ4v) is 4.38. The second kappa shape index (κ2) is 9.92. The molecule has 7 heteroatoms. The van der Waals surface area contributed by atoms with Gasteiger partial charge in [0.2, 0.25) is 5.91 Å². The lowest BCUT2D eigenvalue weighted by atomic mass is 10.0. The number of halogens is 2. The first-order valence-corrected chi connectivity index (χ1v) is 11.4. The Labute approximate surface area is 192 Å². The van der Waals surface area contributed by atoms with Crippen LogP contribution in [0.25, 0.3) is 0 Å². The van der Waals surface area contributed by atoms with Gasteiger partial charge in [0.15, 0.2) is 6.61 Å². The molecule has 164 valence electrons. The second-order valence-electron chi connectivity index (χ2n) is 8.34. The van der Waals surface area contributed by atoms with Crippen LogP contribution in [0.2, 0.25) is 10.0 Å². The molecule has 2 amide bonds. The number of piperidine rings is 1. The molecular formula is C24H26Cl2N2O3. The van der Waals surface area contributed by atoms with Crippen molar-refractivity contribution in [2.24, 2.45) is 11.8 Å². The van der Waals surface area contributed by atoms with E-state index in [0.29, 0.717) is 29.8 Å². The summed E-state index contributed by atoms with van der Waals surface area (Å²) in [4.78, 5) is 26.9. The largest absolute Gasteiger partial charge is 0.484 e. The van der Waals surface area contributed by atoms with E-state index in [9.17, 15) is 9.59 Å². The highest BCUT2D eigenvalue weighted by Crippen LogP contribution is 2.42. The third-order valence-electron chi connectivity index (χ3n) is 6.01. The van der Waals surface area contributed by atoms with Gasteiger partial charge in [0, 0.05) is 35.1 Å². The minimum atomic E-state index is -0.148. The molecule has 2 aromatic rings. The number of benzene rings is 2. The number of ether oxygens (including phenoxy) is 1. The lowest BCUT2D eigenvalue weighted by molar-refractivity contribution is -0.134. The second-order valence-corrected chi connectivity index (χ2v) is 9.22. The van der Waals surface area contributed by atoms with E-state index in [1.165, 1.54) is 5.56 Å². The number of amides is 2. The van der Waals surface area contributed by atoms with E-state index in [-0.39, 0.29) is 30.4 Å². The quantitative estimate of drug-likeness (QED) is 0.667. The summed E-state index contributed by atoms with van der Waals surface area (Å²) in [7, 11) is 0. The van der Waals surface area contributed by atoms with Crippen molar-refractivity contribution in [1.29, 1.82) is 0 Å². The highest BCUT2D eigenvalue weighted by molar-refractivity contribution is 6.30. The third kappa shape index (κ3) is 6.14. The molecule has 2 aliphatic rings. The zero-order chi connectivity index (χ0) is 21.8. The summed E-state index contributed by atoms with van der Waals surface area (Å²) in [6.45, 7) is 1.34. The predicted molar refractivity (Wildman–Crippen MR) is 121 cm³/mol. The summed E-state index contributed by atoms with van der Waals surface area (Å²) < 4.78 is 5.49. The van der Waals surface area contributed by atoms with Crippen molar-refractivity contribution < 1.29 is 14.3 Å². The van der Waals surface area contributed by atoms with Crippen LogP contribution in [0.5, 0.6) is 5.75 Å². The summed E-state index contributed by atoms with van der Waals surface area (Å²) in [5, 5.41) is 4.37. The average molecular weight is 461 g/mol. The van der Waals surface area contributed by atoms with Gasteiger partial charge in [-0.2, -0.15) is 0 Å². The van der Waals surface area contributed by atoms with Gasteiger partial charge in [0.05, 0.1) is 0 Å². The van der Waals surface area contributed by atoms with Crippen molar-refractivity contribution in [2.45, 2.75) is 31.7 Å². The Kier molecular flexibility index (Phi) is 7.03. The molecule has 0 aromatic heterocycles. The van der Waals surface area contributed by atoms with Gasteiger partial charge in [-0.25, -0.2) is 0 Å². The molecule has 2 atom stereocenters. The lowest BCUT2D eigenvalue weighted by Gasteiger charge is -2.32. The van der Waals surface area contributed by atoms with Crippen molar-refractivity contribution in [3.05, 3.63) is 64.1 Å². The Morgan fingerprint density at radius 3 is 2.23 bits per heavy atom. The summed E-state index contributed by atoms with van der Waals surface area (Å²) in [6.07, 6.45) is 3.42. The van der Waals surface area contributed by atoms with Crippen molar-refractivity contribution >= 4 is 35.0 Å². The van der Waals surface area contributed by atoms with Gasteiger partial charge in [0.25, 0.3) is 5.91 Å². The molecule has 0 bridgehead atoms. The topological polar surface area (TPSA) is 58.6 Å². The minimum absolute atomic E-state index is 0.0325. The molecule has 5 nitrogen and oxygen atoms in total. The zero-order valence-electron chi connectivity index (χ0n) is 17.2. The fourth-order valence-electron chi connectivity index (χ4n) is 4.13. The number of hydrogen-bond donors (Lipinski definition) is 1. The number of hydrogen-bond acceptors (Lipinski definition) is 3. The van der Waals surface area contributed by atoms with E-state index in [2.05, 4.69) is 5.32 Å². The maximum atomic E-state index is 12.8. The molecule has 1 aliphatic carbocycles. The average Bonchev–Trinajstić information content (AvgIpc) is 3.54. The Morgan fingerprint density at radius 1 is 0.968 bits per heavy atom.